The zero-order chi connectivity index (χ0) is 21.8. The molecule has 0 aliphatic carbocycles. The molecule has 3 aromatic carbocycles. The Morgan fingerprint density at radius 3 is 2.61 bits per heavy atom. The first-order valence-corrected chi connectivity index (χ1v) is 9.37. The van der Waals surface area contributed by atoms with Crippen molar-refractivity contribution in [3.63, 3.8) is 0 Å². The van der Waals surface area contributed by atoms with E-state index in [1.165, 1.54) is 31.4 Å². The van der Waals surface area contributed by atoms with Crippen molar-refractivity contribution in [3.05, 3.63) is 94.4 Å². The van der Waals surface area contributed by atoms with Crippen LogP contribution in [0.15, 0.2) is 77.2 Å². The molecule has 0 bridgehead atoms. The molecule has 0 fully saturated rings. The number of benzene rings is 3. The van der Waals surface area contributed by atoms with Crippen molar-refractivity contribution in [2.75, 3.05) is 12.4 Å². The molecule has 0 atom stereocenters. The summed E-state index contributed by atoms with van der Waals surface area (Å²) in [6.07, 6.45) is 0. The summed E-state index contributed by atoms with van der Waals surface area (Å²) in [6.45, 7) is 0.145. The monoisotopic (exact) mass is 418 g/mol. The first kappa shape index (κ1) is 20.0. The molecular formula is C23H18N2O6. The van der Waals surface area contributed by atoms with E-state index in [1.54, 1.807) is 6.07 Å². The lowest BCUT2D eigenvalue weighted by molar-refractivity contribution is -0.384. The Kier molecular flexibility index (Phi) is 5.53. The number of methoxy groups -OCH3 is 1. The molecular weight excluding hydrogens is 400 g/mol. The molecule has 0 saturated heterocycles. The Morgan fingerprint density at radius 2 is 1.84 bits per heavy atom. The number of hydrogen-bond acceptors (Lipinski definition) is 6. The number of amides is 1. The molecule has 0 unspecified atom stereocenters. The molecule has 4 rings (SSSR count). The summed E-state index contributed by atoms with van der Waals surface area (Å²) in [5.74, 6) is 0.929. The van der Waals surface area contributed by atoms with Gasteiger partial charge >= 0.3 is 0 Å². The van der Waals surface area contributed by atoms with Crippen LogP contribution in [-0.2, 0) is 6.61 Å². The predicted molar refractivity (Wildman–Crippen MR) is 115 cm³/mol. The number of non-ortho nitro benzene ring substituents is 1. The van der Waals surface area contributed by atoms with E-state index in [0.29, 0.717) is 17.3 Å². The molecule has 0 aliphatic rings. The van der Waals surface area contributed by atoms with Gasteiger partial charge in [-0.05, 0) is 41.1 Å². The molecule has 4 aromatic rings. The van der Waals surface area contributed by atoms with Crippen molar-refractivity contribution < 1.29 is 23.6 Å². The number of carbonyl (C=O) groups is 1. The number of nitrogens with one attached hydrogen (secondary N) is 1. The summed E-state index contributed by atoms with van der Waals surface area (Å²) in [5.41, 5.74) is 0.00656. The van der Waals surface area contributed by atoms with Gasteiger partial charge in [-0.25, -0.2) is 0 Å². The lowest BCUT2D eigenvalue weighted by Gasteiger charge is -2.09. The second-order valence-corrected chi connectivity index (χ2v) is 6.66. The Hall–Kier alpha value is -4.33. The molecule has 8 nitrogen and oxygen atoms in total. The Balaban J connectivity index is 1.44. The number of carbonyl (C=O) groups excluding carboxylic acids is 1. The van der Waals surface area contributed by atoms with E-state index in [1.807, 2.05) is 42.5 Å². The van der Waals surface area contributed by atoms with Gasteiger partial charge in [0.2, 0.25) is 0 Å². The van der Waals surface area contributed by atoms with E-state index in [4.69, 9.17) is 13.9 Å². The molecule has 8 heteroatoms. The van der Waals surface area contributed by atoms with Crippen molar-refractivity contribution in [1.29, 1.82) is 0 Å². The number of nitro benzene ring substituents is 1. The number of nitro groups is 1. The van der Waals surface area contributed by atoms with E-state index in [-0.39, 0.29) is 23.7 Å². The molecule has 0 spiro atoms. The summed E-state index contributed by atoms with van der Waals surface area (Å²) < 4.78 is 16.5. The maximum absolute atomic E-state index is 12.5. The van der Waals surface area contributed by atoms with Crippen molar-refractivity contribution >= 4 is 28.1 Å². The second-order valence-electron chi connectivity index (χ2n) is 6.66. The van der Waals surface area contributed by atoms with Gasteiger partial charge < -0.3 is 19.2 Å². The lowest BCUT2D eigenvalue weighted by atomic mass is 10.1. The minimum atomic E-state index is -0.559. The standard InChI is InChI=1S/C23H18N2O6/c1-29-21-10-7-17(25(27)28)13-20(21)24-23(26)22-11-9-19(31-22)14-30-18-8-6-15-4-2-3-5-16(15)12-18/h2-13H,14H2,1H3,(H,24,26). The quantitative estimate of drug-likeness (QED) is 0.328. The molecule has 0 saturated carbocycles. The maximum atomic E-state index is 12.5. The molecule has 0 radical (unpaired) electrons. The first-order valence-electron chi connectivity index (χ1n) is 9.37. The van der Waals surface area contributed by atoms with Crippen LogP contribution in [-0.4, -0.2) is 17.9 Å². The van der Waals surface area contributed by atoms with Crippen molar-refractivity contribution in [1.82, 2.24) is 0 Å². The number of furan rings is 1. The number of ether oxygens (including phenoxy) is 2. The molecule has 1 amide bonds. The fourth-order valence-corrected chi connectivity index (χ4v) is 3.08. The van der Waals surface area contributed by atoms with E-state index in [2.05, 4.69) is 5.32 Å². The first-order chi connectivity index (χ1) is 15.0. The molecule has 0 aliphatic heterocycles. The minimum absolute atomic E-state index is 0.0469. The van der Waals surface area contributed by atoms with Gasteiger partial charge in [0.05, 0.1) is 17.7 Å². The van der Waals surface area contributed by atoms with Crippen LogP contribution in [0.1, 0.15) is 16.3 Å². The van der Waals surface area contributed by atoms with E-state index in [0.717, 1.165) is 10.8 Å². The average molecular weight is 418 g/mol. The van der Waals surface area contributed by atoms with Gasteiger partial charge in [-0.1, -0.05) is 30.3 Å². The second kappa shape index (κ2) is 8.58. The van der Waals surface area contributed by atoms with Crippen LogP contribution >= 0.6 is 0 Å². The highest BCUT2D eigenvalue weighted by atomic mass is 16.6. The molecule has 156 valence electrons. The van der Waals surface area contributed by atoms with Crippen molar-refractivity contribution in [3.8, 4) is 11.5 Å². The van der Waals surface area contributed by atoms with Crippen LogP contribution in [0.4, 0.5) is 11.4 Å². The number of hydrogen-bond donors (Lipinski definition) is 1. The maximum Gasteiger partial charge on any atom is 0.291 e. The zero-order valence-corrected chi connectivity index (χ0v) is 16.5. The summed E-state index contributed by atoms with van der Waals surface area (Å²) in [7, 11) is 1.41. The van der Waals surface area contributed by atoms with E-state index in [9.17, 15) is 14.9 Å². The fourth-order valence-electron chi connectivity index (χ4n) is 3.08. The lowest BCUT2D eigenvalue weighted by Crippen LogP contribution is -2.12. The number of rotatable bonds is 7. The zero-order valence-electron chi connectivity index (χ0n) is 16.5. The highest BCUT2D eigenvalue weighted by Crippen LogP contribution is 2.29. The van der Waals surface area contributed by atoms with Crippen LogP contribution in [0.3, 0.4) is 0 Å². The third-order valence-corrected chi connectivity index (χ3v) is 4.63. The number of nitrogens with zero attached hydrogens (tertiary/aromatic N) is 1. The molecule has 1 heterocycles. The average Bonchev–Trinajstić information content (AvgIpc) is 3.26. The predicted octanol–water partition coefficient (Wildman–Crippen LogP) is 5.18. The fraction of sp³-hybridized carbons (Fsp3) is 0.0870. The van der Waals surface area contributed by atoms with Gasteiger partial charge in [0.1, 0.15) is 23.9 Å². The topological polar surface area (TPSA) is 104 Å². The van der Waals surface area contributed by atoms with E-state index < -0.39 is 10.8 Å². The van der Waals surface area contributed by atoms with Gasteiger partial charge in [0.15, 0.2) is 5.76 Å². The van der Waals surface area contributed by atoms with Crippen LogP contribution in [0.5, 0.6) is 11.5 Å². The Morgan fingerprint density at radius 1 is 1.03 bits per heavy atom. The smallest absolute Gasteiger partial charge is 0.291 e. The molecule has 1 aromatic heterocycles. The third kappa shape index (κ3) is 4.48. The van der Waals surface area contributed by atoms with Crippen LogP contribution in [0, 0.1) is 10.1 Å². The van der Waals surface area contributed by atoms with Gasteiger partial charge in [-0.3, -0.25) is 14.9 Å². The highest BCUT2D eigenvalue weighted by Gasteiger charge is 2.17. The van der Waals surface area contributed by atoms with Gasteiger partial charge in [-0.2, -0.15) is 0 Å². The van der Waals surface area contributed by atoms with E-state index >= 15 is 0 Å². The normalized spacial score (nSPS) is 10.6. The molecule has 31 heavy (non-hydrogen) atoms. The summed E-state index contributed by atoms with van der Waals surface area (Å²) in [4.78, 5) is 23.0. The Labute approximate surface area is 177 Å². The summed E-state index contributed by atoms with van der Waals surface area (Å²) >= 11 is 0. The SMILES string of the molecule is COc1ccc([N+](=O)[O-])cc1NC(=O)c1ccc(COc2ccc3ccccc3c2)o1. The number of fused-ring (bicyclic) bond motifs is 1. The summed E-state index contributed by atoms with van der Waals surface area (Å²) in [6, 6.07) is 20.8. The van der Waals surface area contributed by atoms with Crippen LogP contribution in [0.25, 0.3) is 10.8 Å². The largest absolute Gasteiger partial charge is 0.495 e. The third-order valence-electron chi connectivity index (χ3n) is 4.63. The van der Waals surface area contributed by atoms with Gasteiger partial charge in [0.25, 0.3) is 11.6 Å². The minimum Gasteiger partial charge on any atom is -0.495 e. The summed E-state index contributed by atoms with van der Waals surface area (Å²) in [5, 5.41) is 15.7. The number of anilines is 1. The highest BCUT2D eigenvalue weighted by molar-refractivity contribution is 6.03. The van der Waals surface area contributed by atoms with Gasteiger partial charge in [0, 0.05) is 12.1 Å². The van der Waals surface area contributed by atoms with Gasteiger partial charge in [-0.15, -0.1) is 0 Å². The Bertz CT molecular complexity index is 1260. The van der Waals surface area contributed by atoms with Crippen molar-refractivity contribution in [2.24, 2.45) is 0 Å². The van der Waals surface area contributed by atoms with Crippen molar-refractivity contribution in [2.45, 2.75) is 6.61 Å². The van der Waals surface area contributed by atoms with Crippen LogP contribution < -0.4 is 14.8 Å². The molecule has 1 N–H and O–H groups in total. The van der Waals surface area contributed by atoms with Crippen LogP contribution in [0.2, 0.25) is 0 Å².